The molecule has 1 aromatic carbocycles. The van der Waals surface area contributed by atoms with E-state index < -0.39 is 6.10 Å². The van der Waals surface area contributed by atoms with Crippen LogP contribution in [0.3, 0.4) is 0 Å². The van der Waals surface area contributed by atoms with E-state index in [0.717, 1.165) is 11.1 Å². The van der Waals surface area contributed by atoms with Crippen LogP contribution in [0.5, 0.6) is 5.75 Å². The Morgan fingerprint density at radius 3 is 2.70 bits per heavy atom. The summed E-state index contributed by atoms with van der Waals surface area (Å²) in [6, 6.07) is 5.79. The lowest BCUT2D eigenvalue weighted by Crippen LogP contribution is -2.26. The SMILES string of the molecule is COCCOCCNCC(O)c1cc(C)ccc1OC. The van der Waals surface area contributed by atoms with Gasteiger partial charge in [-0.05, 0) is 19.1 Å². The maximum absolute atomic E-state index is 10.2. The average molecular weight is 283 g/mol. The minimum absolute atomic E-state index is 0.466. The van der Waals surface area contributed by atoms with E-state index in [1.54, 1.807) is 14.2 Å². The summed E-state index contributed by atoms with van der Waals surface area (Å²) in [5.41, 5.74) is 1.91. The van der Waals surface area contributed by atoms with Crippen molar-refractivity contribution in [2.75, 3.05) is 47.1 Å². The van der Waals surface area contributed by atoms with Gasteiger partial charge in [-0.25, -0.2) is 0 Å². The predicted molar refractivity (Wildman–Crippen MR) is 78.3 cm³/mol. The Hall–Kier alpha value is -1.14. The predicted octanol–water partition coefficient (Wildman–Crippen LogP) is 1.29. The maximum atomic E-state index is 10.2. The lowest BCUT2D eigenvalue weighted by atomic mass is 10.1. The molecule has 0 aliphatic heterocycles. The normalized spacial score (nSPS) is 12.4. The summed E-state index contributed by atoms with van der Waals surface area (Å²) in [5, 5.41) is 13.4. The third-order valence-electron chi connectivity index (χ3n) is 2.94. The van der Waals surface area contributed by atoms with Crippen molar-refractivity contribution in [1.82, 2.24) is 5.32 Å². The largest absolute Gasteiger partial charge is 0.496 e. The third kappa shape index (κ3) is 5.88. The summed E-state index contributed by atoms with van der Waals surface area (Å²) >= 11 is 0. The highest BCUT2D eigenvalue weighted by atomic mass is 16.5. The summed E-state index contributed by atoms with van der Waals surface area (Å²) in [7, 11) is 3.26. The number of ether oxygens (including phenoxy) is 3. The van der Waals surface area contributed by atoms with E-state index in [0.29, 0.717) is 38.7 Å². The highest BCUT2D eigenvalue weighted by Gasteiger charge is 2.12. The number of aryl methyl sites for hydroxylation is 1. The number of hydrogen-bond donors (Lipinski definition) is 2. The number of nitrogens with one attached hydrogen (secondary N) is 1. The van der Waals surface area contributed by atoms with E-state index in [2.05, 4.69) is 5.32 Å². The summed E-state index contributed by atoms with van der Waals surface area (Å²) in [5.74, 6) is 0.709. The van der Waals surface area contributed by atoms with Gasteiger partial charge in [0.15, 0.2) is 0 Å². The smallest absolute Gasteiger partial charge is 0.124 e. The van der Waals surface area contributed by atoms with Crippen molar-refractivity contribution >= 4 is 0 Å². The zero-order chi connectivity index (χ0) is 14.8. The van der Waals surface area contributed by atoms with Crippen LogP contribution in [0, 0.1) is 6.92 Å². The van der Waals surface area contributed by atoms with Crippen LogP contribution in [0.15, 0.2) is 18.2 Å². The Labute approximate surface area is 120 Å². The lowest BCUT2D eigenvalue weighted by Gasteiger charge is -2.16. The molecule has 0 amide bonds. The fraction of sp³-hybridized carbons (Fsp3) is 0.600. The number of methoxy groups -OCH3 is 2. The molecule has 1 rings (SSSR count). The van der Waals surface area contributed by atoms with Gasteiger partial charge in [-0.2, -0.15) is 0 Å². The summed E-state index contributed by atoms with van der Waals surface area (Å²) < 4.78 is 15.5. The first kappa shape index (κ1) is 16.9. The molecule has 0 saturated carbocycles. The van der Waals surface area contributed by atoms with Gasteiger partial charge in [0.2, 0.25) is 0 Å². The van der Waals surface area contributed by atoms with Crippen LogP contribution in [0.1, 0.15) is 17.2 Å². The molecule has 20 heavy (non-hydrogen) atoms. The Balaban J connectivity index is 2.32. The first-order valence-corrected chi connectivity index (χ1v) is 6.79. The van der Waals surface area contributed by atoms with Crippen molar-refractivity contribution in [2.45, 2.75) is 13.0 Å². The zero-order valence-electron chi connectivity index (χ0n) is 12.5. The topological polar surface area (TPSA) is 60.0 Å². The molecule has 5 nitrogen and oxygen atoms in total. The molecule has 0 radical (unpaired) electrons. The Kier molecular flexibility index (Phi) is 8.22. The minimum atomic E-state index is -0.594. The van der Waals surface area contributed by atoms with Crippen molar-refractivity contribution in [3.8, 4) is 5.75 Å². The van der Waals surface area contributed by atoms with Crippen LogP contribution in [0.25, 0.3) is 0 Å². The quantitative estimate of drug-likeness (QED) is 0.634. The van der Waals surface area contributed by atoms with Gasteiger partial charge < -0.3 is 24.6 Å². The second-order valence-corrected chi connectivity index (χ2v) is 4.57. The molecular formula is C15H25NO4. The molecule has 0 bridgehead atoms. The van der Waals surface area contributed by atoms with Gasteiger partial charge >= 0.3 is 0 Å². The summed E-state index contributed by atoms with van der Waals surface area (Å²) in [6.45, 7) is 4.94. The standard InChI is InChI=1S/C15H25NO4/c1-12-4-5-15(19-3)13(10-12)14(17)11-16-6-7-20-9-8-18-2/h4-5,10,14,16-17H,6-9,11H2,1-3H3. The molecule has 0 saturated heterocycles. The summed E-state index contributed by atoms with van der Waals surface area (Å²) in [4.78, 5) is 0. The van der Waals surface area contributed by atoms with Gasteiger partial charge in [0.25, 0.3) is 0 Å². The Morgan fingerprint density at radius 2 is 2.00 bits per heavy atom. The molecular weight excluding hydrogens is 258 g/mol. The molecule has 0 aliphatic rings. The van der Waals surface area contributed by atoms with Crippen molar-refractivity contribution in [3.05, 3.63) is 29.3 Å². The van der Waals surface area contributed by atoms with Crippen molar-refractivity contribution < 1.29 is 19.3 Å². The highest BCUT2D eigenvalue weighted by Crippen LogP contribution is 2.25. The molecule has 0 spiro atoms. The van der Waals surface area contributed by atoms with Crippen molar-refractivity contribution in [3.63, 3.8) is 0 Å². The van der Waals surface area contributed by atoms with Gasteiger partial charge in [-0.15, -0.1) is 0 Å². The highest BCUT2D eigenvalue weighted by molar-refractivity contribution is 5.38. The molecule has 1 atom stereocenters. The molecule has 5 heteroatoms. The monoisotopic (exact) mass is 283 g/mol. The molecule has 0 fully saturated rings. The van der Waals surface area contributed by atoms with Crippen molar-refractivity contribution in [2.24, 2.45) is 0 Å². The fourth-order valence-corrected chi connectivity index (χ4v) is 1.85. The molecule has 0 aliphatic carbocycles. The van der Waals surface area contributed by atoms with Gasteiger partial charge in [0.05, 0.1) is 33.0 Å². The second-order valence-electron chi connectivity index (χ2n) is 4.57. The van der Waals surface area contributed by atoms with Crippen LogP contribution in [0.2, 0.25) is 0 Å². The van der Waals surface area contributed by atoms with Crippen LogP contribution < -0.4 is 10.1 Å². The molecule has 0 heterocycles. The minimum Gasteiger partial charge on any atom is -0.496 e. The van der Waals surface area contributed by atoms with Crippen molar-refractivity contribution in [1.29, 1.82) is 0 Å². The van der Waals surface area contributed by atoms with Gasteiger partial charge in [0.1, 0.15) is 5.75 Å². The lowest BCUT2D eigenvalue weighted by molar-refractivity contribution is 0.0703. The summed E-state index contributed by atoms with van der Waals surface area (Å²) in [6.07, 6.45) is -0.594. The first-order valence-electron chi connectivity index (χ1n) is 6.79. The molecule has 2 N–H and O–H groups in total. The molecule has 114 valence electrons. The van der Waals surface area contributed by atoms with E-state index in [-0.39, 0.29) is 0 Å². The average Bonchev–Trinajstić information content (AvgIpc) is 2.46. The first-order chi connectivity index (χ1) is 9.69. The Morgan fingerprint density at radius 1 is 1.20 bits per heavy atom. The van der Waals surface area contributed by atoms with Crippen LogP contribution >= 0.6 is 0 Å². The van der Waals surface area contributed by atoms with E-state index in [9.17, 15) is 5.11 Å². The van der Waals surface area contributed by atoms with Gasteiger partial charge in [-0.3, -0.25) is 0 Å². The molecule has 1 unspecified atom stereocenters. The number of aliphatic hydroxyl groups is 1. The fourth-order valence-electron chi connectivity index (χ4n) is 1.85. The van der Waals surface area contributed by atoms with E-state index in [1.807, 2.05) is 25.1 Å². The maximum Gasteiger partial charge on any atom is 0.124 e. The molecule has 0 aromatic heterocycles. The van der Waals surface area contributed by atoms with Crippen LogP contribution in [0.4, 0.5) is 0 Å². The molecule has 1 aromatic rings. The number of benzene rings is 1. The number of aliphatic hydroxyl groups excluding tert-OH is 1. The van der Waals surface area contributed by atoms with Gasteiger partial charge in [0, 0.05) is 25.8 Å². The van der Waals surface area contributed by atoms with E-state index >= 15 is 0 Å². The second kappa shape index (κ2) is 9.72. The van der Waals surface area contributed by atoms with E-state index in [1.165, 1.54) is 0 Å². The third-order valence-corrected chi connectivity index (χ3v) is 2.94. The van der Waals surface area contributed by atoms with E-state index in [4.69, 9.17) is 14.2 Å². The van der Waals surface area contributed by atoms with Crippen LogP contribution in [-0.2, 0) is 9.47 Å². The Bertz CT molecular complexity index is 384. The number of rotatable bonds is 10. The number of hydrogen-bond acceptors (Lipinski definition) is 5. The van der Waals surface area contributed by atoms with Gasteiger partial charge in [-0.1, -0.05) is 11.6 Å². The zero-order valence-corrected chi connectivity index (χ0v) is 12.5. The van der Waals surface area contributed by atoms with Crippen LogP contribution in [-0.4, -0.2) is 52.2 Å².